The molecule has 0 aliphatic carbocycles. The van der Waals surface area contributed by atoms with Crippen LogP contribution in [-0.4, -0.2) is 0 Å². The third-order valence-corrected chi connectivity index (χ3v) is 1.11. The maximum absolute atomic E-state index is 4.92. The van der Waals surface area contributed by atoms with Gasteiger partial charge < -0.3 is 4.42 Å². The highest BCUT2D eigenvalue weighted by atomic mass is 79.9. The first kappa shape index (κ1) is 4.91. The van der Waals surface area contributed by atoms with E-state index < -0.39 is 0 Å². The zero-order valence-electron chi connectivity index (χ0n) is 3.94. The largest absolute Gasteiger partial charge is 0.468 e. The number of hydrogen-bond acceptors (Lipinski definition) is 1. The second-order valence-corrected chi connectivity index (χ2v) is 2.29. The van der Waals surface area contributed by atoms with Crippen LogP contribution in [0.4, 0.5) is 0 Å². The van der Waals surface area contributed by atoms with Crippen molar-refractivity contribution in [2.45, 2.75) is 6.92 Å². The fraction of sp³-hybridized carbons (Fsp3) is 0.200. The number of furan rings is 1. The van der Waals surface area contributed by atoms with Gasteiger partial charge in [-0.15, -0.1) is 0 Å². The van der Waals surface area contributed by atoms with Crippen molar-refractivity contribution in [2.75, 3.05) is 0 Å². The van der Waals surface area contributed by atoms with Crippen LogP contribution in [0.15, 0.2) is 21.2 Å². The van der Waals surface area contributed by atoms with Crippen molar-refractivity contribution >= 4 is 15.9 Å². The number of halogens is 1. The van der Waals surface area contributed by atoms with Crippen LogP contribution in [0.3, 0.4) is 0 Å². The average Bonchev–Trinajstić information content (AvgIpc) is 1.87. The maximum atomic E-state index is 4.92. The van der Waals surface area contributed by atoms with Gasteiger partial charge in [0, 0.05) is 0 Å². The van der Waals surface area contributed by atoms with Crippen LogP contribution in [0, 0.1) is 6.92 Å². The number of aryl methyl sites for hydroxylation is 1. The van der Waals surface area contributed by atoms with Crippen LogP contribution in [0.25, 0.3) is 0 Å². The molecule has 38 valence electrons. The summed E-state index contributed by atoms with van der Waals surface area (Å²) in [7, 11) is 0. The normalized spacial score (nSPS) is 9.43. The summed E-state index contributed by atoms with van der Waals surface area (Å²) in [6.07, 6.45) is 1.66. The molecular weight excluding hydrogens is 156 g/mol. The predicted octanol–water partition coefficient (Wildman–Crippen LogP) is 2.35. The average molecular weight is 161 g/mol. The Hall–Kier alpha value is -0.240. The van der Waals surface area contributed by atoms with Crippen LogP contribution in [0.5, 0.6) is 0 Å². The van der Waals surface area contributed by atoms with E-state index in [0.717, 1.165) is 10.2 Å². The molecule has 0 radical (unpaired) electrons. The summed E-state index contributed by atoms with van der Waals surface area (Å²) in [5.74, 6) is 0.937. The van der Waals surface area contributed by atoms with Crippen LogP contribution in [0.1, 0.15) is 5.76 Å². The summed E-state index contributed by atoms with van der Waals surface area (Å²) >= 11 is 3.24. The smallest absolute Gasteiger partial charge is 0.105 e. The number of rotatable bonds is 0. The van der Waals surface area contributed by atoms with E-state index in [9.17, 15) is 0 Å². The second kappa shape index (κ2) is 1.70. The summed E-state index contributed by atoms with van der Waals surface area (Å²) in [6, 6.07) is 1.92. The van der Waals surface area contributed by atoms with Crippen molar-refractivity contribution < 1.29 is 4.42 Å². The van der Waals surface area contributed by atoms with Crippen LogP contribution >= 0.6 is 15.9 Å². The molecule has 0 aliphatic heterocycles. The van der Waals surface area contributed by atoms with E-state index >= 15 is 0 Å². The Labute approximate surface area is 50.5 Å². The van der Waals surface area contributed by atoms with E-state index in [4.69, 9.17) is 4.42 Å². The Balaban J connectivity index is 3.04. The van der Waals surface area contributed by atoms with Gasteiger partial charge in [-0.05, 0) is 28.9 Å². The van der Waals surface area contributed by atoms with Crippen molar-refractivity contribution in [1.82, 2.24) is 0 Å². The first-order valence-corrected chi connectivity index (χ1v) is 2.79. The molecule has 0 atom stereocenters. The Morgan fingerprint density at radius 3 is 2.57 bits per heavy atom. The standard InChI is InChI=1S/C5H5BrO/c1-4-2-5(6)3-7-4/h2-3H,1H3. The molecular formula is C5H5BrO. The highest BCUT2D eigenvalue weighted by Crippen LogP contribution is 2.11. The third kappa shape index (κ3) is 1.06. The van der Waals surface area contributed by atoms with Crippen LogP contribution in [0.2, 0.25) is 0 Å². The van der Waals surface area contributed by atoms with E-state index in [1.165, 1.54) is 0 Å². The minimum absolute atomic E-state index is 0.937. The van der Waals surface area contributed by atoms with Gasteiger partial charge in [0.15, 0.2) is 0 Å². The van der Waals surface area contributed by atoms with Crippen LogP contribution in [-0.2, 0) is 0 Å². The maximum Gasteiger partial charge on any atom is 0.105 e. The van der Waals surface area contributed by atoms with Gasteiger partial charge in [0.2, 0.25) is 0 Å². The van der Waals surface area contributed by atoms with Gasteiger partial charge in [-0.25, -0.2) is 0 Å². The lowest BCUT2D eigenvalue weighted by atomic mass is 10.5. The highest BCUT2D eigenvalue weighted by molar-refractivity contribution is 9.10. The number of hydrogen-bond donors (Lipinski definition) is 0. The quantitative estimate of drug-likeness (QED) is 0.569. The molecule has 0 saturated carbocycles. The molecule has 0 fully saturated rings. The first-order valence-electron chi connectivity index (χ1n) is 1.99. The first-order chi connectivity index (χ1) is 3.29. The Morgan fingerprint density at radius 1 is 1.71 bits per heavy atom. The summed E-state index contributed by atoms with van der Waals surface area (Å²) in [5.41, 5.74) is 0. The minimum atomic E-state index is 0.937. The monoisotopic (exact) mass is 160 g/mol. The van der Waals surface area contributed by atoms with Gasteiger partial charge in [0.1, 0.15) is 12.0 Å². The molecule has 1 heterocycles. The Morgan fingerprint density at radius 2 is 2.43 bits per heavy atom. The van der Waals surface area contributed by atoms with Gasteiger partial charge in [0.25, 0.3) is 0 Å². The molecule has 0 aromatic carbocycles. The molecule has 1 rings (SSSR count). The van der Waals surface area contributed by atoms with Gasteiger partial charge in [-0.2, -0.15) is 0 Å². The zero-order valence-corrected chi connectivity index (χ0v) is 5.53. The van der Waals surface area contributed by atoms with Gasteiger partial charge in [-0.3, -0.25) is 0 Å². The highest BCUT2D eigenvalue weighted by Gasteiger charge is 1.87. The van der Waals surface area contributed by atoms with E-state index in [1.54, 1.807) is 6.26 Å². The van der Waals surface area contributed by atoms with Gasteiger partial charge in [-0.1, -0.05) is 0 Å². The van der Waals surface area contributed by atoms with Gasteiger partial charge >= 0.3 is 0 Å². The summed E-state index contributed by atoms with van der Waals surface area (Å²) in [5, 5.41) is 0. The summed E-state index contributed by atoms with van der Waals surface area (Å²) in [6.45, 7) is 1.91. The topological polar surface area (TPSA) is 13.1 Å². The lowest BCUT2D eigenvalue weighted by Gasteiger charge is -1.69. The Bertz CT molecular complexity index is 140. The minimum Gasteiger partial charge on any atom is -0.468 e. The molecule has 0 saturated heterocycles. The lowest BCUT2D eigenvalue weighted by molar-refractivity contribution is 0.533. The Kier molecular flexibility index (Phi) is 1.19. The zero-order chi connectivity index (χ0) is 5.28. The van der Waals surface area contributed by atoms with E-state index in [2.05, 4.69) is 15.9 Å². The lowest BCUT2D eigenvalue weighted by Crippen LogP contribution is -1.49. The van der Waals surface area contributed by atoms with E-state index in [0.29, 0.717) is 0 Å². The van der Waals surface area contributed by atoms with Gasteiger partial charge in [0.05, 0.1) is 4.47 Å². The molecule has 1 aromatic heterocycles. The third-order valence-electron chi connectivity index (χ3n) is 0.699. The van der Waals surface area contributed by atoms with Crippen LogP contribution < -0.4 is 0 Å². The molecule has 7 heavy (non-hydrogen) atoms. The van der Waals surface area contributed by atoms with E-state index in [1.807, 2.05) is 13.0 Å². The van der Waals surface area contributed by atoms with Crippen molar-refractivity contribution in [3.05, 3.63) is 22.6 Å². The van der Waals surface area contributed by atoms with Crippen molar-refractivity contribution in [3.63, 3.8) is 0 Å². The van der Waals surface area contributed by atoms with Crippen molar-refractivity contribution in [3.8, 4) is 0 Å². The molecule has 1 nitrogen and oxygen atoms in total. The molecule has 0 N–H and O–H groups in total. The predicted molar refractivity (Wildman–Crippen MR) is 31.1 cm³/mol. The molecule has 0 amide bonds. The molecule has 0 spiro atoms. The molecule has 2 heteroatoms. The fourth-order valence-corrected chi connectivity index (χ4v) is 0.827. The summed E-state index contributed by atoms with van der Waals surface area (Å²) < 4.78 is 5.92. The molecule has 0 bridgehead atoms. The van der Waals surface area contributed by atoms with Crippen molar-refractivity contribution in [2.24, 2.45) is 0 Å². The molecule has 0 aliphatic rings. The second-order valence-electron chi connectivity index (χ2n) is 1.38. The molecule has 1 aromatic rings. The van der Waals surface area contributed by atoms with E-state index in [-0.39, 0.29) is 0 Å². The summed E-state index contributed by atoms with van der Waals surface area (Å²) in [4.78, 5) is 0. The SMILES string of the molecule is Cc1cc(Br)co1. The van der Waals surface area contributed by atoms with Crippen molar-refractivity contribution in [1.29, 1.82) is 0 Å². The molecule has 0 unspecified atom stereocenters. The fourth-order valence-electron chi connectivity index (χ4n) is 0.411.